The lowest BCUT2D eigenvalue weighted by atomic mass is 10.3. The molecule has 0 radical (unpaired) electrons. The predicted octanol–water partition coefficient (Wildman–Crippen LogP) is 2.14. The molecule has 0 saturated heterocycles. The highest BCUT2D eigenvalue weighted by Gasteiger charge is 2.06. The van der Waals surface area contributed by atoms with Crippen molar-refractivity contribution in [1.82, 2.24) is 0 Å². The Kier molecular flexibility index (Phi) is 3.14. The molecule has 0 fully saturated rings. The molecule has 13 heavy (non-hydrogen) atoms. The highest BCUT2D eigenvalue weighted by molar-refractivity contribution is 5.62. The standard InChI is InChI=1S/C9H10O4/c1-2-12-7-5-3-4-6-8(7)13-9(10)11/h3-6H,2H2,1H3,(H,10,11). The molecule has 0 saturated carbocycles. The molecule has 0 aromatic heterocycles. The average molecular weight is 182 g/mol. The molecular weight excluding hydrogens is 172 g/mol. The largest absolute Gasteiger partial charge is 0.511 e. The van der Waals surface area contributed by atoms with Crippen molar-refractivity contribution in [2.75, 3.05) is 6.61 Å². The topological polar surface area (TPSA) is 55.8 Å². The van der Waals surface area contributed by atoms with E-state index in [2.05, 4.69) is 4.74 Å². The van der Waals surface area contributed by atoms with Crippen LogP contribution >= 0.6 is 0 Å². The van der Waals surface area contributed by atoms with Crippen LogP contribution in [0.25, 0.3) is 0 Å². The number of rotatable bonds is 3. The molecule has 4 heteroatoms. The molecule has 0 atom stereocenters. The van der Waals surface area contributed by atoms with Gasteiger partial charge in [0.25, 0.3) is 0 Å². The number of ether oxygens (including phenoxy) is 2. The van der Waals surface area contributed by atoms with Crippen LogP contribution < -0.4 is 9.47 Å². The number of para-hydroxylation sites is 2. The quantitative estimate of drug-likeness (QED) is 0.574. The third-order valence-electron chi connectivity index (χ3n) is 1.35. The van der Waals surface area contributed by atoms with Gasteiger partial charge < -0.3 is 14.6 Å². The van der Waals surface area contributed by atoms with Crippen molar-refractivity contribution in [1.29, 1.82) is 0 Å². The second kappa shape index (κ2) is 4.35. The van der Waals surface area contributed by atoms with Crippen LogP contribution in [0.15, 0.2) is 24.3 Å². The maximum absolute atomic E-state index is 10.2. The van der Waals surface area contributed by atoms with Crippen LogP contribution in [0.4, 0.5) is 4.79 Å². The van der Waals surface area contributed by atoms with Crippen LogP contribution in [0.5, 0.6) is 11.5 Å². The summed E-state index contributed by atoms with van der Waals surface area (Å²) in [4.78, 5) is 10.2. The van der Waals surface area contributed by atoms with Gasteiger partial charge in [-0.25, -0.2) is 4.79 Å². The molecule has 0 unspecified atom stereocenters. The SMILES string of the molecule is CCOc1ccccc1OC(=O)O. The molecule has 0 bridgehead atoms. The zero-order chi connectivity index (χ0) is 9.68. The Hall–Kier alpha value is -1.71. The van der Waals surface area contributed by atoms with E-state index in [9.17, 15) is 4.79 Å². The van der Waals surface area contributed by atoms with Gasteiger partial charge in [-0.2, -0.15) is 0 Å². The van der Waals surface area contributed by atoms with E-state index >= 15 is 0 Å². The number of carbonyl (C=O) groups is 1. The van der Waals surface area contributed by atoms with Crippen molar-refractivity contribution in [3.8, 4) is 11.5 Å². The van der Waals surface area contributed by atoms with Crippen LogP contribution in [0.3, 0.4) is 0 Å². The highest BCUT2D eigenvalue weighted by Crippen LogP contribution is 2.26. The van der Waals surface area contributed by atoms with E-state index in [4.69, 9.17) is 9.84 Å². The van der Waals surface area contributed by atoms with Crippen molar-refractivity contribution in [3.63, 3.8) is 0 Å². The van der Waals surface area contributed by atoms with Gasteiger partial charge in [0.1, 0.15) is 0 Å². The molecule has 4 nitrogen and oxygen atoms in total. The smallest absolute Gasteiger partial charge is 0.490 e. The van der Waals surface area contributed by atoms with Gasteiger partial charge in [-0.3, -0.25) is 0 Å². The number of benzene rings is 1. The van der Waals surface area contributed by atoms with Crippen LogP contribution in [0, 0.1) is 0 Å². The minimum Gasteiger partial charge on any atom is -0.490 e. The summed E-state index contributed by atoms with van der Waals surface area (Å²) >= 11 is 0. The first-order valence-corrected chi connectivity index (χ1v) is 3.86. The second-order valence-electron chi connectivity index (χ2n) is 2.25. The van der Waals surface area contributed by atoms with Gasteiger partial charge in [-0.15, -0.1) is 0 Å². The van der Waals surface area contributed by atoms with Gasteiger partial charge in [0.15, 0.2) is 11.5 Å². The highest BCUT2D eigenvalue weighted by atomic mass is 16.7. The van der Waals surface area contributed by atoms with Gasteiger partial charge in [0.2, 0.25) is 0 Å². The van der Waals surface area contributed by atoms with Gasteiger partial charge in [0.05, 0.1) is 6.61 Å². The van der Waals surface area contributed by atoms with Crippen molar-refractivity contribution in [3.05, 3.63) is 24.3 Å². The average Bonchev–Trinajstić information content (AvgIpc) is 2.08. The van der Waals surface area contributed by atoms with E-state index in [-0.39, 0.29) is 5.75 Å². The predicted molar refractivity (Wildman–Crippen MR) is 46.3 cm³/mol. The summed E-state index contributed by atoms with van der Waals surface area (Å²) in [6.07, 6.45) is -1.34. The van der Waals surface area contributed by atoms with Gasteiger partial charge in [0, 0.05) is 0 Å². The fourth-order valence-corrected chi connectivity index (χ4v) is 0.903. The molecular formula is C9H10O4. The van der Waals surface area contributed by atoms with Crippen LogP contribution in [-0.4, -0.2) is 17.9 Å². The second-order valence-corrected chi connectivity index (χ2v) is 2.25. The Balaban J connectivity index is 2.84. The van der Waals surface area contributed by atoms with Gasteiger partial charge >= 0.3 is 6.16 Å². The van der Waals surface area contributed by atoms with Crippen LogP contribution in [-0.2, 0) is 0 Å². The maximum Gasteiger partial charge on any atom is 0.511 e. The van der Waals surface area contributed by atoms with Crippen molar-refractivity contribution >= 4 is 6.16 Å². The molecule has 0 amide bonds. The summed E-state index contributed by atoms with van der Waals surface area (Å²) in [5.74, 6) is 0.657. The fourth-order valence-electron chi connectivity index (χ4n) is 0.903. The summed E-state index contributed by atoms with van der Waals surface area (Å²) in [5, 5.41) is 8.38. The number of hydrogen-bond acceptors (Lipinski definition) is 3. The molecule has 0 aliphatic carbocycles. The summed E-state index contributed by atoms with van der Waals surface area (Å²) in [6, 6.07) is 6.63. The Morgan fingerprint density at radius 2 is 2.00 bits per heavy atom. The van der Waals surface area contributed by atoms with E-state index in [1.54, 1.807) is 24.3 Å². The summed E-state index contributed by atoms with van der Waals surface area (Å²) in [6.45, 7) is 2.29. The first kappa shape index (κ1) is 9.38. The molecule has 0 aliphatic rings. The summed E-state index contributed by atoms with van der Waals surface area (Å²) < 4.78 is 9.64. The zero-order valence-corrected chi connectivity index (χ0v) is 7.19. The fraction of sp³-hybridized carbons (Fsp3) is 0.222. The number of hydrogen-bond donors (Lipinski definition) is 1. The van der Waals surface area contributed by atoms with Gasteiger partial charge in [-0.1, -0.05) is 12.1 Å². The Labute approximate surface area is 75.7 Å². The first-order valence-electron chi connectivity index (χ1n) is 3.86. The lowest BCUT2D eigenvalue weighted by Gasteiger charge is -2.07. The monoisotopic (exact) mass is 182 g/mol. The van der Waals surface area contributed by atoms with E-state index in [1.807, 2.05) is 6.92 Å². The third-order valence-corrected chi connectivity index (χ3v) is 1.35. The zero-order valence-electron chi connectivity index (χ0n) is 7.19. The lowest BCUT2D eigenvalue weighted by Crippen LogP contribution is -2.04. The van der Waals surface area contributed by atoms with Crippen LogP contribution in [0.1, 0.15) is 6.92 Å². The molecule has 1 aromatic rings. The normalized spacial score (nSPS) is 9.31. The lowest BCUT2D eigenvalue weighted by molar-refractivity contribution is 0.142. The Morgan fingerprint density at radius 1 is 1.38 bits per heavy atom. The van der Waals surface area contributed by atoms with E-state index in [1.165, 1.54) is 0 Å². The summed E-state index contributed by atoms with van der Waals surface area (Å²) in [7, 11) is 0. The Morgan fingerprint density at radius 3 is 2.54 bits per heavy atom. The molecule has 1 rings (SSSR count). The maximum atomic E-state index is 10.2. The minimum absolute atomic E-state index is 0.219. The first-order chi connectivity index (χ1) is 6.24. The van der Waals surface area contributed by atoms with E-state index in [0.29, 0.717) is 12.4 Å². The molecule has 0 heterocycles. The van der Waals surface area contributed by atoms with Crippen LogP contribution in [0.2, 0.25) is 0 Å². The Bertz CT molecular complexity index is 295. The molecule has 1 N–H and O–H groups in total. The molecule has 0 aliphatic heterocycles. The molecule has 70 valence electrons. The molecule has 0 spiro atoms. The number of carboxylic acid groups (broad SMARTS) is 1. The molecule has 1 aromatic carbocycles. The minimum atomic E-state index is -1.34. The van der Waals surface area contributed by atoms with Crippen molar-refractivity contribution in [2.24, 2.45) is 0 Å². The van der Waals surface area contributed by atoms with Crippen molar-refractivity contribution < 1.29 is 19.4 Å². The third kappa shape index (κ3) is 2.66. The summed E-state index contributed by atoms with van der Waals surface area (Å²) in [5.41, 5.74) is 0. The van der Waals surface area contributed by atoms with E-state index in [0.717, 1.165) is 0 Å². The van der Waals surface area contributed by atoms with E-state index < -0.39 is 6.16 Å². The van der Waals surface area contributed by atoms with Crippen molar-refractivity contribution in [2.45, 2.75) is 6.92 Å². The van der Waals surface area contributed by atoms with Gasteiger partial charge in [-0.05, 0) is 19.1 Å².